The molecule has 0 saturated heterocycles. The average molecular weight is 418 g/mol. The van der Waals surface area contributed by atoms with Crippen LogP contribution >= 0.6 is 8.03 Å². The van der Waals surface area contributed by atoms with Gasteiger partial charge in [-0.3, -0.25) is 4.98 Å². The van der Waals surface area contributed by atoms with Gasteiger partial charge in [0.05, 0.1) is 5.69 Å². The Kier molecular flexibility index (Phi) is 6.86. The molecule has 0 spiro atoms. The third-order valence-electron chi connectivity index (χ3n) is 4.42. The second kappa shape index (κ2) is 8.79. The Balaban J connectivity index is 2.84. The van der Waals surface area contributed by atoms with Gasteiger partial charge in [-0.1, -0.05) is 38.0 Å². The Labute approximate surface area is 169 Å². The molecule has 0 aliphatic heterocycles. The lowest BCUT2D eigenvalue weighted by molar-refractivity contribution is -0.146. The molecule has 0 aliphatic carbocycles. The van der Waals surface area contributed by atoms with Crippen molar-refractivity contribution in [3.8, 4) is 11.8 Å². The van der Waals surface area contributed by atoms with E-state index in [0.29, 0.717) is 11.3 Å². The molecule has 29 heavy (non-hydrogen) atoms. The number of carboxylic acid groups (broad SMARTS) is 1. The van der Waals surface area contributed by atoms with E-state index in [1.165, 1.54) is 18.2 Å². The van der Waals surface area contributed by atoms with Gasteiger partial charge in [0, 0.05) is 18.0 Å². The summed E-state index contributed by atoms with van der Waals surface area (Å²) in [6.07, 6.45) is -0.412. The molecule has 1 heterocycles. The summed E-state index contributed by atoms with van der Waals surface area (Å²) in [5.74, 6) is 2.41. The second-order valence-electron chi connectivity index (χ2n) is 7.04. The van der Waals surface area contributed by atoms with Crippen LogP contribution in [0.3, 0.4) is 0 Å². The van der Waals surface area contributed by atoms with Gasteiger partial charge in [-0.05, 0) is 47.2 Å². The number of aliphatic hydroxyl groups is 1. The van der Waals surface area contributed by atoms with Gasteiger partial charge in [0.25, 0.3) is 0 Å². The number of hydrogen-bond acceptors (Lipinski definition) is 4. The summed E-state index contributed by atoms with van der Waals surface area (Å²) in [5, 5.41) is 19.0. The van der Waals surface area contributed by atoms with E-state index >= 15 is 0 Å². The van der Waals surface area contributed by atoms with Crippen LogP contribution in [0.15, 0.2) is 42.5 Å². The van der Waals surface area contributed by atoms with E-state index in [1.54, 1.807) is 32.9 Å². The van der Waals surface area contributed by atoms with E-state index in [-0.39, 0.29) is 11.6 Å². The number of rotatable bonds is 6. The molecule has 3 N–H and O–H groups in total. The van der Waals surface area contributed by atoms with Crippen molar-refractivity contribution in [2.45, 2.75) is 37.9 Å². The van der Waals surface area contributed by atoms with Crippen molar-refractivity contribution >= 4 is 14.0 Å². The number of aliphatic carboxylic acids is 1. The highest BCUT2D eigenvalue weighted by Crippen LogP contribution is 2.50. The maximum Gasteiger partial charge on any atom is 0.541 e. The largest absolute Gasteiger partial charge is 0.541 e. The molecule has 1 aromatic carbocycles. The molecule has 0 bridgehead atoms. The summed E-state index contributed by atoms with van der Waals surface area (Å²) in [7, 11) is -3.53. The predicted octanol–water partition coefficient (Wildman–Crippen LogP) is 3.18. The standard InChI is InChI=1S/C21H21FNO5P/c1-14(2)11-12-21(19(24)25,29(27)28)20(26,18-6-4-5-15(3)23-18)13-16-7-9-17(22)10-8-16/h4-10,14,26H,13H2,1-3H3,(H-,24,25,27,28)/p+1. The predicted molar refractivity (Wildman–Crippen MR) is 106 cm³/mol. The Morgan fingerprint density at radius 2 is 1.86 bits per heavy atom. The van der Waals surface area contributed by atoms with E-state index in [4.69, 9.17) is 0 Å². The molecule has 2 rings (SSSR count). The van der Waals surface area contributed by atoms with Crippen LogP contribution in [-0.2, 0) is 21.4 Å². The maximum atomic E-state index is 13.3. The van der Waals surface area contributed by atoms with Crippen LogP contribution in [0.5, 0.6) is 0 Å². The molecular weight excluding hydrogens is 396 g/mol. The summed E-state index contributed by atoms with van der Waals surface area (Å²) >= 11 is 0. The molecule has 8 heteroatoms. The molecule has 0 fully saturated rings. The number of pyridine rings is 1. The molecule has 3 atom stereocenters. The summed E-state index contributed by atoms with van der Waals surface area (Å²) < 4.78 is 25.8. The molecule has 1 aromatic heterocycles. The van der Waals surface area contributed by atoms with Crippen LogP contribution in [0.25, 0.3) is 0 Å². The first-order valence-corrected chi connectivity index (χ1v) is 10.1. The van der Waals surface area contributed by atoms with Gasteiger partial charge in [-0.25, -0.2) is 9.18 Å². The Bertz CT molecular complexity index is 967. The quantitative estimate of drug-likeness (QED) is 0.491. The first kappa shape index (κ1) is 22.6. The number of aryl methyl sites for hydroxylation is 1. The Hall–Kier alpha value is -2.65. The van der Waals surface area contributed by atoms with Crippen LogP contribution in [0.1, 0.15) is 30.8 Å². The zero-order valence-electron chi connectivity index (χ0n) is 16.3. The summed E-state index contributed by atoms with van der Waals surface area (Å²) in [6.45, 7) is 5.02. The van der Waals surface area contributed by atoms with Crippen molar-refractivity contribution in [2.24, 2.45) is 5.92 Å². The molecule has 0 amide bonds. The molecule has 0 aliphatic rings. The number of carboxylic acids is 1. The molecular formula is C21H22FNO5P+. The third kappa shape index (κ3) is 4.51. The molecule has 6 nitrogen and oxygen atoms in total. The van der Waals surface area contributed by atoms with Crippen LogP contribution in [0.4, 0.5) is 4.39 Å². The van der Waals surface area contributed by atoms with Gasteiger partial charge in [-0.2, -0.15) is 4.89 Å². The second-order valence-corrected chi connectivity index (χ2v) is 8.26. The average Bonchev–Trinajstić information content (AvgIpc) is 2.63. The zero-order valence-corrected chi connectivity index (χ0v) is 17.2. The SMILES string of the molecule is Cc1cccc(C(O)(Cc2ccc(F)cc2)C(C#CC(C)C)(C(=O)O)[P+](=O)O)n1. The van der Waals surface area contributed by atoms with Crippen molar-refractivity contribution in [3.63, 3.8) is 0 Å². The monoisotopic (exact) mass is 418 g/mol. The fourth-order valence-electron chi connectivity index (χ4n) is 2.95. The lowest BCUT2D eigenvalue weighted by atomic mass is 9.78. The minimum atomic E-state index is -3.53. The normalized spacial score (nSPS) is 15.6. The van der Waals surface area contributed by atoms with Gasteiger partial charge in [0.15, 0.2) is 5.60 Å². The van der Waals surface area contributed by atoms with Crippen molar-refractivity contribution in [3.05, 3.63) is 65.2 Å². The number of aromatic nitrogens is 1. The summed E-state index contributed by atoms with van der Waals surface area (Å²) in [4.78, 5) is 26.7. The molecule has 3 unspecified atom stereocenters. The van der Waals surface area contributed by atoms with Gasteiger partial charge in [0.2, 0.25) is 0 Å². The smallest absolute Gasteiger partial charge is 0.477 e. The van der Waals surface area contributed by atoms with E-state index in [1.807, 2.05) is 0 Å². The van der Waals surface area contributed by atoms with Crippen molar-refractivity contribution in [2.75, 3.05) is 0 Å². The van der Waals surface area contributed by atoms with Gasteiger partial charge in [0.1, 0.15) is 5.82 Å². The molecule has 2 aromatic rings. The Morgan fingerprint density at radius 1 is 1.24 bits per heavy atom. The van der Waals surface area contributed by atoms with E-state index in [0.717, 1.165) is 12.1 Å². The number of hydrogen-bond donors (Lipinski definition) is 3. The summed E-state index contributed by atoms with van der Waals surface area (Å²) in [6, 6.07) is 9.61. The highest BCUT2D eigenvalue weighted by atomic mass is 31.1. The molecule has 0 saturated carbocycles. The van der Waals surface area contributed by atoms with Crippen molar-refractivity contribution in [1.29, 1.82) is 0 Å². The summed E-state index contributed by atoms with van der Waals surface area (Å²) in [5.41, 5.74) is -1.75. The first-order chi connectivity index (χ1) is 13.5. The number of benzene rings is 1. The van der Waals surface area contributed by atoms with Crippen LogP contribution in [0.2, 0.25) is 0 Å². The van der Waals surface area contributed by atoms with Crippen molar-refractivity contribution in [1.82, 2.24) is 4.98 Å². The van der Waals surface area contributed by atoms with E-state index in [2.05, 4.69) is 16.8 Å². The fraction of sp³-hybridized carbons (Fsp3) is 0.333. The highest BCUT2D eigenvalue weighted by molar-refractivity contribution is 7.42. The minimum Gasteiger partial charge on any atom is -0.477 e. The molecule has 0 radical (unpaired) electrons. The highest BCUT2D eigenvalue weighted by Gasteiger charge is 2.72. The van der Waals surface area contributed by atoms with Gasteiger partial charge in [-0.15, -0.1) is 0 Å². The number of carbonyl (C=O) groups is 1. The van der Waals surface area contributed by atoms with Crippen LogP contribution in [-0.4, -0.2) is 31.2 Å². The Morgan fingerprint density at radius 3 is 2.34 bits per heavy atom. The van der Waals surface area contributed by atoms with Gasteiger partial charge >= 0.3 is 19.2 Å². The first-order valence-electron chi connectivity index (χ1n) is 8.86. The topological polar surface area (TPSA) is 108 Å². The van der Waals surface area contributed by atoms with Crippen LogP contribution < -0.4 is 0 Å². The van der Waals surface area contributed by atoms with Gasteiger partial charge < -0.3 is 10.2 Å². The van der Waals surface area contributed by atoms with Crippen molar-refractivity contribution < 1.29 is 28.9 Å². The fourth-order valence-corrected chi connectivity index (χ4v) is 3.78. The molecule has 152 valence electrons. The number of nitrogens with zero attached hydrogens (tertiary/aromatic N) is 1. The van der Waals surface area contributed by atoms with E-state index < -0.39 is 37.0 Å². The lowest BCUT2D eigenvalue weighted by Gasteiger charge is -2.32. The number of halogens is 1. The minimum absolute atomic E-state index is 0.111. The third-order valence-corrected chi connectivity index (χ3v) is 5.67. The zero-order chi connectivity index (χ0) is 21.8. The van der Waals surface area contributed by atoms with Crippen LogP contribution in [0, 0.1) is 30.5 Å². The maximum absolute atomic E-state index is 13.3. The van der Waals surface area contributed by atoms with E-state index in [9.17, 15) is 28.9 Å². The lowest BCUT2D eigenvalue weighted by Crippen LogP contribution is -2.56.